The molecule has 0 bridgehead atoms. The van der Waals surface area contributed by atoms with Crippen LogP contribution in [0.2, 0.25) is 0 Å². The first-order valence-corrected chi connectivity index (χ1v) is 9.25. The fourth-order valence-electron chi connectivity index (χ4n) is 3.69. The van der Waals surface area contributed by atoms with Crippen molar-refractivity contribution in [3.05, 3.63) is 24.0 Å². The molecule has 1 atom stereocenters. The number of aromatic nitrogens is 3. The molecule has 4 rings (SSSR count). The van der Waals surface area contributed by atoms with Crippen molar-refractivity contribution in [3.8, 4) is 0 Å². The molecule has 1 amide bonds. The van der Waals surface area contributed by atoms with Gasteiger partial charge in [-0.25, -0.2) is 4.98 Å². The molecule has 0 saturated carbocycles. The molecule has 4 heterocycles. The summed E-state index contributed by atoms with van der Waals surface area (Å²) in [6.45, 7) is 5.95. The lowest BCUT2D eigenvalue weighted by atomic mass is 10.2. The third-order valence-corrected chi connectivity index (χ3v) is 5.02. The second-order valence-electron chi connectivity index (χ2n) is 6.77. The van der Waals surface area contributed by atoms with Crippen molar-refractivity contribution in [1.29, 1.82) is 0 Å². The molecule has 0 spiro atoms. The molecule has 0 aromatic carbocycles. The molecule has 0 unspecified atom stereocenters. The van der Waals surface area contributed by atoms with E-state index in [9.17, 15) is 4.79 Å². The Kier molecular flexibility index (Phi) is 4.57. The molecular formula is C18H25N5O2. The molecular weight excluding hydrogens is 318 g/mol. The van der Waals surface area contributed by atoms with Crippen molar-refractivity contribution in [1.82, 2.24) is 19.5 Å². The van der Waals surface area contributed by atoms with Crippen LogP contribution < -0.4 is 4.90 Å². The standard InChI is InChI=1S/C18H25N5O2/c1-2-4-14-13-17(23-16(20-14)6-7-19-23)21-8-10-22(11-9-21)18(24)15-5-3-12-25-15/h6-7,13,15H,2-5,8-12H2,1H3/t15-/m1/s1. The minimum atomic E-state index is -0.221. The fraction of sp³-hybridized carbons (Fsp3) is 0.611. The average molecular weight is 343 g/mol. The summed E-state index contributed by atoms with van der Waals surface area (Å²) < 4.78 is 7.44. The van der Waals surface area contributed by atoms with Crippen LogP contribution in [0, 0.1) is 0 Å². The molecule has 0 radical (unpaired) electrons. The fourth-order valence-corrected chi connectivity index (χ4v) is 3.69. The summed E-state index contributed by atoms with van der Waals surface area (Å²) >= 11 is 0. The van der Waals surface area contributed by atoms with Crippen LogP contribution in [0.15, 0.2) is 18.3 Å². The number of hydrogen-bond acceptors (Lipinski definition) is 5. The normalized spacial score (nSPS) is 21.2. The summed E-state index contributed by atoms with van der Waals surface area (Å²) in [6, 6.07) is 4.08. The smallest absolute Gasteiger partial charge is 0.251 e. The molecule has 7 nitrogen and oxygen atoms in total. The zero-order valence-corrected chi connectivity index (χ0v) is 14.7. The molecule has 7 heteroatoms. The first kappa shape index (κ1) is 16.3. The van der Waals surface area contributed by atoms with Crippen molar-refractivity contribution in [2.24, 2.45) is 0 Å². The van der Waals surface area contributed by atoms with Crippen molar-refractivity contribution in [2.75, 3.05) is 37.7 Å². The van der Waals surface area contributed by atoms with Crippen LogP contribution in [0.5, 0.6) is 0 Å². The maximum Gasteiger partial charge on any atom is 0.251 e. The van der Waals surface area contributed by atoms with E-state index in [-0.39, 0.29) is 12.0 Å². The topological polar surface area (TPSA) is 63.0 Å². The van der Waals surface area contributed by atoms with Crippen LogP contribution >= 0.6 is 0 Å². The zero-order chi connectivity index (χ0) is 17.2. The van der Waals surface area contributed by atoms with Gasteiger partial charge in [0.05, 0.1) is 6.20 Å². The minimum Gasteiger partial charge on any atom is -0.368 e. The lowest BCUT2D eigenvalue weighted by molar-refractivity contribution is -0.141. The highest BCUT2D eigenvalue weighted by molar-refractivity contribution is 5.81. The SMILES string of the molecule is CCCc1cc(N2CCN(C(=O)[C@H]3CCCO3)CC2)n2nccc2n1. The summed E-state index contributed by atoms with van der Waals surface area (Å²) in [6.07, 6.45) is 5.45. The summed E-state index contributed by atoms with van der Waals surface area (Å²) in [5.41, 5.74) is 1.99. The quantitative estimate of drug-likeness (QED) is 0.842. The third-order valence-electron chi connectivity index (χ3n) is 5.02. The molecule has 2 aliphatic rings. The number of piperazine rings is 1. The van der Waals surface area contributed by atoms with Gasteiger partial charge in [-0.15, -0.1) is 0 Å². The van der Waals surface area contributed by atoms with E-state index in [2.05, 4.69) is 28.0 Å². The Balaban J connectivity index is 1.49. The lowest BCUT2D eigenvalue weighted by Crippen LogP contribution is -2.51. The van der Waals surface area contributed by atoms with Crippen LogP contribution in [0.1, 0.15) is 31.9 Å². The van der Waals surface area contributed by atoms with Gasteiger partial charge in [0.15, 0.2) is 5.65 Å². The highest BCUT2D eigenvalue weighted by Crippen LogP contribution is 2.21. The van der Waals surface area contributed by atoms with E-state index in [0.29, 0.717) is 6.61 Å². The second kappa shape index (κ2) is 7.00. The van der Waals surface area contributed by atoms with E-state index >= 15 is 0 Å². The number of amides is 1. The summed E-state index contributed by atoms with van der Waals surface area (Å²) in [5.74, 6) is 1.23. The molecule has 25 heavy (non-hydrogen) atoms. The predicted molar refractivity (Wildman–Crippen MR) is 94.7 cm³/mol. The minimum absolute atomic E-state index is 0.155. The van der Waals surface area contributed by atoms with Gasteiger partial charge in [-0.2, -0.15) is 9.61 Å². The summed E-state index contributed by atoms with van der Waals surface area (Å²) in [5, 5.41) is 4.42. The number of fused-ring (bicyclic) bond motifs is 1. The molecule has 2 fully saturated rings. The van der Waals surface area contributed by atoms with Gasteiger partial charge in [-0.05, 0) is 19.3 Å². The third kappa shape index (κ3) is 3.20. The second-order valence-corrected chi connectivity index (χ2v) is 6.77. The van der Waals surface area contributed by atoms with Crippen LogP contribution in [-0.4, -0.2) is 64.3 Å². The van der Waals surface area contributed by atoms with Gasteiger partial charge in [0.1, 0.15) is 11.9 Å². The Morgan fingerprint density at radius 2 is 2.16 bits per heavy atom. The monoisotopic (exact) mass is 343 g/mol. The largest absolute Gasteiger partial charge is 0.368 e. The van der Waals surface area contributed by atoms with E-state index in [1.807, 2.05) is 15.5 Å². The maximum absolute atomic E-state index is 12.5. The van der Waals surface area contributed by atoms with Crippen LogP contribution in [0.4, 0.5) is 5.82 Å². The van der Waals surface area contributed by atoms with Gasteiger partial charge in [-0.1, -0.05) is 13.3 Å². The molecule has 0 N–H and O–H groups in total. The summed E-state index contributed by atoms with van der Waals surface area (Å²) in [4.78, 5) is 21.4. The highest BCUT2D eigenvalue weighted by atomic mass is 16.5. The Hall–Kier alpha value is -2.15. The number of anilines is 1. The number of carbonyl (C=O) groups excluding carboxylic acids is 1. The number of nitrogens with zero attached hydrogens (tertiary/aromatic N) is 5. The highest BCUT2D eigenvalue weighted by Gasteiger charge is 2.30. The number of aryl methyl sites for hydroxylation is 1. The first-order chi connectivity index (χ1) is 12.3. The number of rotatable bonds is 4. The Morgan fingerprint density at radius 3 is 2.88 bits per heavy atom. The number of hydrogen-bond donors (Lipinski definition) is 0. The van der Waals surface area contributed by atoms with Gasteiger partial charge >= 0.3 is 0 Å². The first-order valence-electron chi connectivity index (χ1n) is 9.25. The Bertz CT molecular complexity index is 745. The lowest BCUT2D eigenvalue weighted by Gasteiger charge is -2.37. The van der Waals surface area contributed by atoms with Crippen molar-refractivity contribution in [3.63, 3.8) is 0 Å². The van der Waals surface area contributed by atoms with Gasteiger partial charge < -0.3 is 14.5 Å². The number of carbonyl (C=O) groups is 1. The molecule has 134 valence electrons. The van der Waals surface area contributed by atoms with Gasteiger partial charge in [0, 0.05) is 50.6 Å². The van der Waals surface area contributed by atoms with Crippen molar-refractivity contribution < 1.29 is 9.53 Å². The Labute approximate surface area is 147 Å². The van der Waals surface area contributed by atoms with Crippen molar-refractivity contribution in [2.45, 2.75) is 38.7 Å². The van der Waals surface area contributed by atoms with Crippen molar-refractivity contribution >= 4 is 17.4 Å². The maximum atomic E-state index is 12.5. The summed E-state index contributed by atoms with van der Waals surface area (Å²) in [7, 11) is 0. The van der Waals surface area contributed by atoms with E-state index in [4.69, 9.17) is 4.74 Å². The molecule has 2 aromatic rings. The van der Waals surface area contributed by atoms with Gasteiger partial charge in [0.25, 0.3) is 5.91 Å². The van der Waals surface area contributed by atoms with E-state index in [1.54, 1.807) is 6.20 Å². The zero-order valence-electron chi connectivity index (χ0n) is 14.7. The van der Waals surface area contributed by atoms with E-state index < -0.39 is 0 Å². The van der Waals surface area contributed by atoms with Crippen LogP contribution in [0.3, 0.4) is 0 Å². The molecule has 2 aromatic heterocycles. The molecule has 0 aliphatic carbocycles. The molecule has 2 saturated heterocycles. The van der Waals surface area contributed by atoms with Gasteiger partial charge in [-0.3, -0.25) is 4.79 Å². The Morgan fingerprint density at radius 1 is 1.32 bits per heavy atom. The van der Waals surface area contributed by atoms with Crippen LogP contribution in [0.25, 0.3) is 5.65 Å². The predicted octanol–water partition coefficient (Wildman–Crippen LogP) is 1.51. The number of ether oxygens (including phenoxy) is 1. The van der Waals surface area contributed by atoms with Gasteiger partial charge in [0.2, 0.25) is 0 Å². The van der Waals surface area contributed by atoms with Crippen LogP contribution in [-0.2, 0) is 16.0 Å². The average Bonchev–Trinajstić information content (AvgIpc) is 3.32. The van der Waals surface area contributed by atoms with E-state index in [0.717, 1.165) is 69.0 Å². The van der Waals surface area contributed by atoms with E-state index in [1.165, 1.54) is 0 Å². The molecule has 2 aliphatic heterocycles.